The van der Waals surface area contributed by atoms with Gasteiger partial charge in [-0.2, -0.15) is 0 Å². The summed E-state index contributed by atoms with van der Waals surface area (Å²) in [4.78, 5) is 18.2. The molecule has 0 radical (unpaired) electrons. The Morgan fingerprint density at radius 2 is 1.77 bits per heavy atom. The molecule has 1 aliphatic heterocycles. The molecule has 1 saturated heterocycles. The van der Waals surface area contributed by atoms with Gasteiger partial charge in [0.15, 0.2) is 5.96 Å². The molecular weight excluding hydrogens is 393 g/mol. The highest BCUT2D eigenvalue weighted by Crippen LogP contribution is 2.38. The smallest absolute Gasteiger partial charge is 0.331 e. The number of aliphatic imine (C=N–C) groups is 1. The van der Waals surface area contributed by atoms with Crippen molar-refractivity contribution >= 4 is 59.4 Å². The van der Waals surface area contributed by atoms with Crippen LogP contribution in [0.15, 0.2) is 47.5 Å². The molecule has 3 rings (SSSR count). The topological polar surface area (TPSA) is 68.8 Å². The number of amides is 2. The first-order valence-electron chi connectivity index (χ1n) is 7.89. The first-order chi connectivity index (χ1) is 12.6. The summed E-state index contributed by atoms with van der Waals surface area (Å²) in [6, 6.07) is 12.5. The van der Waals surface area contributed by atoms with Crippen molar-refractivity contribution in [1.82, 2.24) is 15.4 Å². The van der Waals surface area contributed by atoms with Gasteiger partial charge in [-0.25, -0.2) is 9.79 Å². The van der Waals surface area contributed by atoms with Crippen LogP contribution in [0.3, 0.4) is 0 Å². The molecule has 26 heavy (non-hydrogen) atoms. The van der Waals surface area contributed by atoms with Crippen LogP contribution in [0.2, 0.25) is 10.0 Å². The van der Waals surface area contributed by atoms with Crippen LogP contribution in [-0.2, 0) is 6.54 Å². The molecule has 2 amide bonds. The van der Waals surface area contributed by atoms with Crippen LogP contribution in [0.25, 0.3) is 0 Å². The number of hydrogen-bond donors (Lipinski definition) is 4. The predicted molar refractivity (Wildman–Crippen MR) is 110 cm³/mol. The number of thiol groups is 1. The average molecular weight is 410 g/mol. The molecule has 0 atom stereocenters. The summed E-state index contributed by atoms with van der Waals surface area (Å²) in [7, 11) is 0. The number of nitrogens with zero attached hydrogens (tertiary/aromatic N) is 2. The van der Waals surface area contributed by atoms with Crippen molar-refractivity contribution in [3.8, 4) is 0 Å². The van der Waals surface area contributed by atoms with Crippen molar-refractivity contribution in [2.45, 2.75) is 6.54 Å². The molecule has 1 aliphatic rings. The predicted octanol–water partition coefficient (Wildman–Crippen LogP) is 3.73. The third kappa shape index (κ3) is 4.35. The van der Waals surface area contributed by atoms with E-state index < -0.39 is 0 Å². The molecule has 2 aromatic carbocycles. The largest absolute Gasteiger partial charge is 0.354 e. The van der Waals surface area contributed by atoms with Gasteiger partial charge in [0.25, 0.3) is 0 Å². The zero-order valence-corrected chi connectivity index (χ0v) is 16.1. The number of urea groups is 1. The number of benzene rings is 2. The molecule has 9 heteroatoms. The lowest BCUT2D eigenvalue weighted by molar-refractivity contribution is 0.251. The lowest BCUT2D eigenvalue weighted by Crippen LogP contribution is -2.35. The molecule has 0 aromatic heterocycles. The van der Waals surface area contributed by atoms with Crippen molar-refractivity contribution in [1.29, 1.82) is 0 Å². The summed E-state index contributed by atoms with van der Waals surface area (Å²) in [6.45, 7) is 1.93. The number of rotatable bonds is 4. The highest BCUT2D eigenvalue weighted by Gasteiger charge is 2.19. The second-order valence-electron chi connectivity index (χ2n) is 5.56. The van der Waals surface area contributed by atoms with E-state index in [0.29, 0.717) is 33.9 Å². The van der Waals surface area contributed by atoms with Gasteiger partial charge in [-0.15, -0.1) is 0 Å². The molecule has 0 saturated carbocycles. The van der Waals surface area contributed by atoms with E-state index in [2.05, 4.69) is 33.2 Å². The zero-order chi connectivity index (χ0) is 18.5. The van der Waals surface area contributed by atoms with Crippen LogP contribution < -0.4 is 20.3 Å². The normalized spacial score (nSPS) is 13.0. The Morgan fingerprint density at radius 3 is 2.35 bits per heavy atom. The average Bonchev–Trinajstić information content (AvgIpc) is 3.16. The minimum Gasteiger partial charge on any atom is -0.354 e. The number of halogens is 2. The van der Waals surface area contributed by atoms with E-state index in [1.807, 2.05) is 30.3 Å². The van der Waals surface area contributed by atoms with E-state index in [0.717, 1.165) is 18.7 Å². The maximum absolute atomic E-state index is 12.3. The molecule has 3 N–H and O–H groups in total. The highest BCUT2D eigenvalue weighted by atomic mass is 35.5. The lowest BCUT2D eigenvalue weighted by Gasteiger charge is -2.23. The first kappa shape index (κ1) is 18.7. The molecule has 1 heterocycles. The van der Waals surface area contributed by atoms with Gasteiger partial charge in [0.1, 0.15) is 5.69 Å². The van der Waals surface area contributed by atoms with E-state index in [1.54, 1.807) is 12.1 Å². The standard InChI is InChI=1S/C17H17Cl2N5OS/c18-13-8-12(9-14(19)15(13)22-16-20-6-7-21-16)24(17(25)23-26)10-11-4-2-1-3-5-11/h1-5,8-9,26H,6-7,10H2,(H,23,25)(H2,20,21,22). The molecule has 136 valence electrons. The molecule has 0 bridgehead atoms. The summed E-state index contributed by atoms with van der Waals surface area (Å²) in [5.74, 6) is 0.621. The van der Waals surface area contributed by atoms with E-state index >= 15 is 0 Å². The SMILES string of the molecule is O=C(NS)N(Cc1ccccc1)c1cc(Cl)c(N=C2NCCN2)c(Cl)c1. The van der Waals surface area contributed by atoms with Crippen LogP contribution in [-0.4, -0.2) is 25.1 Å². The second kappa shape index (κ2) is 8.53. The van der Waals surface area contributed by atoms with Gasteiger partial charge in [-0.1, -0.05) is 66.3 Å². The minimum atomic E-state index is -0.387. The van der Waals surface area contributed by atoms with Crippen LogP contribution in [0, 0.1) is 0 Å². The van der Waals surface area contributed by atoms with Gasteiger partial charge < -0.3 is 10.6 Å². The maximum Gasteiger partial charge on any atom is 0.331 e. The van der Waals surface area contributed by atoms with Crippen LogP contribution >= 0.6 is 36.0 Å². The molecule has 2 aromatic rings. The number of nitrogens with one attached hydrogen (secondary N) is 3. The van der Waals surface area contributed by atoms with Crippen molar-refractivity contribution < 1.29 is 4.79 Å². The molecule has 6 nitrogen and oxygen atoms in total. The fraction of sp³-hybridized carbons (Fsp3) is 0.176. The van der Waals surface area contributed by atoms with Crippen molar-refractivity contribution in [3.63, 3.8) is 0 Å². The highest BCUT2D eigenvalue weighted by molar-refractivity contribution is 7.78. The molecular formula is C17H17Cl2N5OS. The van der Waals surface area contributed by atoms with E-state index in [9.17, 15) is 4.79 Å². The number of carbonyl (C=O) groups excluding carboxylic acids is 1. The Hall–Kier alpha value is -2.09. The van der Waals surface area contributed by atoms with Gasteiger partial charge >= 0.3 is 6.03 Å². The fourth-order valence-corrected chi connectivity index (χ4v) is 3.22. The van der Waals surface area contributed by atoms with Gasteiger partial charge in [-0.3, -0.25) is 9.62 Å². The number of carbonyl (C=O) groups is 1. The molecule has 0 unspecified atom stereocenters. The number of guanidine groups is 1. The molecule has 1 fully saturated rings. The monoisotopic (exact) mass is 409 g/mol. The fourth-order valence-electron chi connectivity index (χ4n) is 2.54. The van der Waals surface area contributed by atoms with Gasteiger partial charge in [0.05, 0.1) is 16.6 Å². The first-order valence-corrected chi connectivity index (χ1v) is 9.10. The van der Waals surface area contributed by atoms with Crippen molar-refractivity contribution in [2.75, 3.05) is 18.0 Å². The third-order valence-electron chi connectivity index (χ3n) is 3.77. The maximum atomic E-state index is 12.3. The minimum absolute atomic E-state index is 0.344. The quantitative estimate of drug-likeness (QED) is 0.581. The summed E-state index contributed by atoms with van der Waals surface area (Å²) in [5, 5.41) is 6.88. The Balaban J connectivity index is 1.94. The van der Waals surface area contributed by atoms with Crippen molar-refractivity contribution in [3.05, 3.63) is 58.1 Å². The van der Waals surface area contributed by atoms with Gasteiger partial charge in [0.2, 0.25) is 0 Å². The Labute approximate surface area is 167 Å². The third-order valence-corrected chi connectivity index (χ3v) is 4.54. The van der Waals surface area contributed by atoms with Crippen LogP contribution in [0.1, 0.15) is 5.56 Å². The summed E-state index contributed by atoms with van der Waals surface area (Å²) in [5.41, 5.74) is 1.95. The zero-order valence-electron chi connectivity index (χ0n) is 13.7. The Kier molecular flexibility index (Phi) is 6.13. The lowest BCUT2D eigenvalue weighted by atomic mass is 10.2. The summed E-state index contributed by atoms with van der Waals surface area (Å²) in [6.07, 6.45) is 0. The van der Waals surface area contributed by atoms with Gasteiger partial charge in [-0.05, 0) is 17.7 Å². The Bertz CT molecular complexity index is 800. The number of hydrogen-bond acceptors (Lipinski definition) is 3. The molecule has 0 spiro atoms. The number of anilines is 1. The Morgan fingerprint density at radius 1 is 1.15 bits per heavy atom. The van der Waals surface area contributed by atoms with E-state index in [1.165, 1.54) is 4.90 Å². The van der Waals surface area contributed by atoms with Crippen LogP contribution in [0.4, 0.5) is 16.2 Å². The van der Waals surface area contributed by atoms with E-state index in [-0.39, 0.29) is 6.03 Å². The van der Waals surface area contributed by atoms with Crippen LogP contribution in [0.5, 0.6) is 0 Å². The van der Waals surface area contributed by atoms with E-state index in [4.69, 9.17) is 23.2 Å². The summed E-state index contributed by atoms with van der Waals surface area (Å²) >= 11 is 16.6. The summed E-state index contributed by atoms with van der Waals surface area (Å²) < 4.78 is 2.34. The molecule has 0 aliphatic carbocycles. The van der Waals surface area contributed by atoms with Crippen molar-refractivity contribution in [2.24, 2.45) is 4.99 Å². The van der Waals surface area contributed by atoms with Gasteiger partial charge in [0, 0.05) is 18.8 Å². The second-order valence-corrected chi connectivity index (χ2v) is 6.60.